The summed E-state index contributed by atoms with van der Waals surface area (Å²) in [5.74, 6) is 0.940. The highest BCUT2D eigenvalue weighted by Crippen LogP contribution is 2.28. The summed E-state index contributed by atoms with van der Waals surface area (Å²) in [7, 11) is 0. The van der Waals surface area contributed by atoms with Gasteiger partial charge in [-0.15, -0.1) is 0 Å². The number of alkyl halides is 1. The Balaban J connectivity index is 2.07. The van der Waals surface area contributed by atoms with E-state index in [2.05, 4.69) is 22.0 Å². The summed E-state index contributed by atoms with van der Waals surface area (Å²) in [6, 6.07) is 9.97. The number of halogens is 2. The van der Waals surface area contributed by atoms with E-state index in [0.29, 0.717) is 0 Å². The Labute approximate surface area is 109 Å². The lowest BCUT2D eigenvalue weighted by molar-refractivity contribution is 0.531. The van der Waals surface area contributed by atoms with Crippen molar-refractivity contribution in [1.82, 2.24) is 0 Å². The number of aryl methyl sites for hydroxylation is 1. The standard InChI is InChI=1S/C13H12BrClO/c1-9-6-11(8-16-9)13(14)7-10-2-4-12(15)5-3-10/h2-6,8,13H,7H2,1H3. The van der Waals surface area contributed by atoms with Crippen LogP contribution in [0, 0.1) is 6.92 Å². The van der Waals surface area contributed by atoms with E-state index in [1.165, 1.54) is 11.1 Å². The normalized spacial score (nSPS) is 12.7. The first-order valence-corrected chi connectivity index (χ1v) is 6.38. The van der Waals surface area contributed by atoms with Crippen LogP contribution in [0.5, 0.6) is 0 Å². The van der Waals surface area contributed by atoms with Crippen molar-refractivity contribution in [3.63, 3.8) is 0 Å². The lowest BCUT2D eigenvalue weighted by atomic mass is 10.1. The van der Waals surface area contributed by atoms with Gasteiger partial charge in [-0.05, 0) is 37.1 Å². The first-order valence-electron chi connectivity index (χ1n) is 5.08. The van der Waals surface area contributed by atoms with Crippen molar-refractivity contribution in [2.75, 3.05) is 0 Å². The average Bonchev–Trinajstić information content (AvgIpc) is 2.68. The zero-order valence-corrected chi connectivity index (χ0v) is 11.3. The fourth-order valence-corrected chi connectivity index (χ4v) is 2.31. The molecule has 1 atom stereocenters. The first-order chi connectivity index (χ1) is 7.65. The highest BCUT2D eigenvalue weighted by molar-refractivity contribution is 9.09. The summed E-state index contributed by atoms with van der Waals surface area (Å²) in [6.45, 7) is 1.95. The summed E-state index contributed by atoms with van der Waals surface area (Å²) in [4.78, 5) is 0.283. The Morgan fingerprint density at radius 2 is 2.00 bits per heavy atom. The topological polar surface area (TPSA) is 13.1 Å². The van der Waals surface area contributed by atoms with Gasteiger partial charge in [-0.3, -0.25) is 0 Å². The Hall–Kier alpha value is -0.730. The van der Waals surface area contributed by atoms with Crippen molar-refractivity contribution in [3.05, 3.63) is 58.5 Å². The molecule has 0 bridgehead atoms. The Morgan fingerprint density at radius 3 is 2.56 bits per heavy atom. The van der Waals surface area contributed by atoms with Gasteiger partial charge in [0, 0.05) is 15.4 Å². The maximum atomic E-state index is 5.84. The van der Waals surface area contributed by atoms with Crippen molar-refractivity contribution in [1.29, 1.82) is 0 Å². The molecule has 1 nitrogen and oxygen atoms in total. The Kier molecular flexibility index (Phi) is 3.72. The number of furan rings is 1. The molecule has 84 valence electrons. The minimum Gasteiger partial charge on any atom is -0.469 e. The number of rotatable bonds is 3. The van der Waals surface area contributed by atoms with Crippen molar-refractivity contribution in [3.8, 4) is 0 Å². The third-order valence-electron chi connectivity index (χ3n) is 2.44. The van der Waals surface area contributed by atoms with Crippen LogP contribution in [0.25, 0.3) is 0 Å². The molecule has 16 heavy (non-hydrogen) atoms. The molecule has 1 unspecified atom stereocenters. The van der Waals surface area contributed by atoms with Crippen LogP contribution in [0.2, 0.25) is 5.02 Å². The van der Waals surface area contributed by atoms with Gasteiger partial charge in [-0.2, -0.15) is 0 Å². The fraction of sp³-hybridized carbons (Fsp3) is 0.231. The number of benzene rings is 1. The molecule has 0 fully saturated rings. The maximum Gasteiger partial charge on any atom is 0.101 e. The van der Waals surface area contributed by atoms with Gasteiger partial charge in [0.25, 0.3) is 0 Å². The van der Waals surface area contributed by atoms with Crippen LogP contribution >= 0.6 is 27.5 Å². The molecule has 0 aliphatic carbocycles. The quantitative estimate of drug-likeness (QED) is 0.733. The van der Waals surface area contributed by atoms with Crippen LogP contribution < -0.4 is 0 Å². The molecule has 0 amide bonds. The SMILES string of the molecule is Cc1cc(C(Br)Cc2ccc(Cl)cc2)co1. The predicted octanol–water partition coefficient (Wildman–Crippen LogP) is 4.92. The van der Waals surface area contributed by atoms with Gasteiger partial charge in [0.15, 0.2) is 0 Å². The van der Waals surface area contributed by atoms with Gasteiger partial charge < -0.3 is 4.42 Å². The minimum absolute atomic E-state index is 0.283. The smallest absolute Gasteiger partial charge is 0.101 e. The number of hydrogen-bond acceptors (Lipinski definition) is 1. The second-order valence-electron chi connectivity index (χ2n) is 3.79. The van der Waals surface area contributed by atoms with Crippen LogP contribution in [-0.4, -0.2) is 0 Å². The summed E-state index contributed by atoms with van der Waals surface area (Å²) < 4.78 is 5.29. The van der Waals surface area contributed by atoms with E-state index in [0.717, 1.165) is 17.2 Å². The van der Waals surface area contributed by atoms with Crippen LogP contribution in [0.1, 0.15) is 21.7 Å². The zero-order chi connectivity index (χ0) is 11.5. The second-order valence-corrected chi connectivity index (χ2v) is 5.33. The highest BCUT2D eigenvalue weighted by atomic mass is 79.9. The van der Waals surface area contributed by atoms with Gasteiger partial charge in [0.1, 0.15) is 5.76 Å². The molecular weight excluding hydrogens is 287 g/mol. The molecule has 0 aliphatic heterocycles. The summed E-state index contributed by atoms with van der Waals surface area (Å²) in [5.41, 5.74) is 2.43. The number of hydrogen-bond donors (Lipinski definition) is 0. The summed E-state index contributed by atoms with van der Waals surface area (Å²) in [5, 5.41) is 0.772. The van der Waals surface area contributed by atoms with E-state index in [-0.39, 0.29) is 4.83 Å². The molecule has 0 saturated carbocycles. The Morgan fingerprint density at radius 1 is 1.31 bits per heavy atom. The third-order valence-corrected chi connectivity index (χ3v) is 3.55. The van der Waals surface area contributed by atoms with Gasteiger partial charge in [-0.1, -0.05) is 39.7 Å². The molecule has 0 aliphatic rings. The van der Waals surface area contributed by atoms with E-state index in [9.17, 15) is 0 Å². The van der Waals surface area contributed by atoms with Crippen molar-refractivity contribution < 1.29 is 4.42 Å². The molecular formula is C13H12BrClO. The van der Waals surface area contributed by atoms with Gasteiger partial charge >= 0.3 is 0 Å². The molecule has 3 heteroatoms. The third kappa shape index (κ3) is 2.89. The Bertz CT molecular complexity index is 461. The van der Waals surface area contributed by atoms with Gasteiger partial charge in [0.2, 0.25) is 0 Å². The predicted molar refractivity (Wildman–Crippen MR) is 70.3 cm³/mol. The van der Waals surface area contributed by atoms with Crippen LogP contribution in [-0.2, 0) is 6.42 Å². The van der Waals surface area contributed by atoms with Crippen LogP contribution in [0.4, 0.5) is 0 Å². The van der Waals surface area contributed by atoms with Crippen molar-refractivity contribution in [2.45, 2.75) is 18.2 Å². The largest absolute Gasteiger partial charge is 0.469 e. The van der Waals surface area contributed by atoms with Crippen LogP contribution in [0.15, 0.2) is 41.0 Å². The van der Waals surface area contributed by atoms with E-state index in [1.807, 2.05) is 31.2 Å². The van der Waals surface area contributed by atoms with Crippen LogP contribution in [0.3, 0.4) is 0 Å². The molecule has 0 saturated heterocycles. The monoisotopic (exact) mass is 298 g/mol. The van der Waals surface area contributed by atoms with Crippen molar-refractivity contribution >= 4 is 27.5 Å². The van der Waals surface area contributed by atoms with E-state index in [4.69, 9.17) is 16.0 Å². The molecule has 1 aromatic carbocycles. The highest BCUT2D eigenvalue weighted by Gasteiger charge is 2.10. The van der Waals surface area contributed by atoms with E-state index < -0.39 is 0 Å². The summed E-state index contributed by atoms with van der Waals surface area (Å²) >= 11 is 9.50. The lowest BCUT2D eigenvalue weighted by Crippen LogP contribution is -1.93. The molecule has 2 rings (SSSR count). The molecule has 1 heterocycles. The lowest BCUT2D eigenvalue weighted by Gasteiger charge is -2.07. The second kappa shape index (κ2) is 5.07. The van der Waals surface area contributed by atoms with E-state index >= 15 is 0 Å². The summed E-state index contributed by atoms with van der Waals surface area (Å²) in [6.07, 6.45) is 2.72. The minimum atomic E-state index is 0.283. The van der Waals surface area contributed by atoms with Crippen molar-refractivity contribution in [2.24, 2.45) is 0 Å². The maximum absolute atomic E-state index is 5.84. The van der Waals surface area contributed by atoms with E-state index in [1.54, 1.807) is 6.26 Å². The molecule has 2 aromatic rings. The molecule has 0 N–H and O–H groups in total. The first kappa shape index (κ1) is 11.7. The average molecular weight is 300 g/mol. The van der Waals surface area contributed by atoms with Gasteiger partial charge in [0.05, 0.1) is 6.26 Å². The molecule has 1 aromatic heterocycles. The fourth-order valence-electron chi connectivity index (χ4n) is 1.57. The van der Waals surface area contributed by atoms with Gasteiger partial charge in [-0.25, -0.2) is 0 Å². The molecule has 0 spiro atoms. The molecule has 0 radical (unpaired) electrons. The zero-order valence-electron chi connectivity index (χ0n) is 8.91.